The zero-order valence-corrected chi connectivity index (χ0v) is 8.05. The van der Waals surface area contributed by atoms with E-state index in [4.69, 9.17) is 11.5 Å². The van der Waals surface area contributed by atoms with Crippen molar-refractivity contribution in [2.75, 3.05) is 0 Å². The minimum Gasteiger partial charge on any atom is -0.315 e. The normalized spacial score (nSPS) is 13.4. The van der Waals surface area contributed by atoms with Gasteiger partial charge in [0.2, 0.25) is 0 Å². The van der Waals surface area contributed by atoms with Crippen molar-refractivity contribution < 1.29 is 4.79 Å². The van der Waals surface area contributed by atoms with E-state index in [2.05, 4.69) is 6.92 Å². The summed E-state index contributed by atoms with van der Waals surface area (Å²) in [6, 6.07) is 0. The van der Waals surface area contributed by atoms with Crippen LogP contribution >= 0.6 is 0 Å². The van der Waals surface area contributed by atoms with E-state index in [-0.39, 0.29) is 11.7 Å². The maximum absolute atomic E-state index is 11.3. The van der Waals surface area contributed by atoms with Crippen LogP contribution in [0.25, 0.3) is 0 Å². The smallest absolute Gasteiger partial charge is 0.138 e. The van der Waals surface area contributed by atoms with Crippen molar-refractivity contribution in [1.29, 1.82) is 0 Å². The van der Waals surface area contributed by atoms with Crippen LogP contribution in [0.2, 0.25) is 0 Å². The first kappa shape index (κ1) is 11.6. The third-order valence-electron chi connectivity index (χ3n) is 2.10. The molecule has 0 rings (SSSR count). The summed E-state index contributed by atoms with van der Waals surface area (Å²) in [5, 5.41) is 0. The Morgan fingerprint density at radius 2 is 1.92 bits per heavy atom. The predicted octanol–water partition coefficient (Wildman–Crippen LogP) is 1.02. The van der Waals surface area contributed by atoms with Gasteiger partial charge in [-0.25, -0.2) is 0 Å². The molecule has 1 unspecified atom stereocenters. The Balaban J connectivity index is 3.95. The molecule has 0 saturated heterocycles. The maximum Gasteiger partial charge on any atom is 0.138 e. The van der Waals surface area contributed by atoms with Crippen LogP contribution in [0.3, 0.4) is 0 Å². The SMILES string of the molecule is CCCCC(C(=O)CC)C(N)N. The van der Waals surface area contributed by atoms with E-state index in [0.29, 0.717) is 6.42 Å². The zero-order chi connectivity index (χ0) is 9.56. The molecule has 12 heavy (non-hydrogen) atoms. The van der Waals surface area contributed by atoms with E-state index in [1.165, 1.54) is 0 Å². The summed E-state index contributed by atoms with van der Waals surface area (Å²) in [7, 11) is 0. The zero-order valence-electron chi connectivity index (χ0n) is 8.05. The number of nitrogens with two attached hydrogens (primary N) is 2. The topological polar surface area (TPSA) is 69.1 Å². The predicted molar refractivity (Wildman–Crippen MR) is 50.5 cm³/mol. The summed E-state index contributed by atoms with van der Waals surface area (Å²) in [5.41, 5.74) is 11.0. The van der Waals surface area contributed by atoms with Crippen LogP contribution in [-0.2, 0) is 4.79 Å². The fraction of sp³-hybridized carbons (Fsp3) is 0.889. The van der Waals surface area contributed by atoms with Crippen LogP contribution in [0, 0.1) is 5.92 Å². The van der Waals surface area contributed by atoms with E-state index in [1.54, 1.807) is 0 Å². The summed E-state index contributed by atoms with van der Waals surface area (Å²) in [5.74, 6) is 0.0633. The molecule has 0 saturated carbocycles. The minimum absolute atomic E-state index is 0.130. The van der Waals surface area contributed by atoms with Crippen molar-refractivity contribution in [2.24, 2.45) is 17.4 Å². The molecule has 4 N–H and O–H groups in total. The highest BCUT2D eigenvalue weighted by atomic mass is 16.1. The van der Waals surface area contributed by atoms with Crippen LogP contribution in [0.1, 0.15) is 39.5 Å². The molecule has 0 spiro atoms. The van der Waals surface area contributed by atoms with Crippen molar-refractivity contribution in [3.05, 3.63) is 0 Å². The van der Waals surface area contributed by atoms with Crippen molar-refractivity contribution in [3.63, 3.8) is 0 Å². The van der Waals surface area contributed by atoms with Crippen molar-refractivity contribution in [3.8, 4) is 0 Å². The lowest BCUT2D eigenvalue weighted by Crippen LogP contribution is -2.42. The first-order valence-electron chi connectivity index (χ1n) is 4.67. The average Bonchev–Trinajstić information content (AvgIpc) is 2.04. The lowest BCUT2D eigenvalue weighted by atomic mass is 9.93. The number of hydrogen-bond donors (Lipinski definition) is 2. The molecule has 0 aromatic carbocycles. The lowest BCUT2D eigenvalue weighted by Gasteiger charge is -2.17. The molecule has 0 bridgehead atoms. The molecular weight excluding hydrogens is 152 g/mol. The Morgan fingerprint density at radius 1 is 1.33 bits per heavy atom. The van der Waals surface area contributed by atoms with Crippen LogP contribution in [0.5, 0.6) is 0 Å². The van der Waals surface area contributed by atoms with Gasteiger partial charge < -0.3 is 11.5 Å². The van der Waals surface area contributed by atoms with Crippen molar-refractivity contribution in [2.45, 2.75) is 45.7 Å². The van der Waals surface area contributed by atoms with E-state index in [1.807, 2.05) is 6.92 Å². The molecule has 0 aliphatic heterocycles. The molecule has 0 fully saturated rings. The Kier molecular flexibility index (Phi) is 5.93. The molecular formula is C9H20N2O. The number of carbonyl (C=O) groups is 1. The van der Waals surface area contributed by atoms with Gasteiger partial charge in [0.15, 0.2) is 0 Å². The van der Waals surface area contributed by atoms with Gasteiger partial charge in [-0.1, -0.05) is 26.7 Å². The van der Waals surface area contributed by atoms with Crippen LogP contribution < -0.4 is 11.5 Å². The highest BCUT2D eigenvalue weighted by Gasteiger charge is 2.20. The van der Waals surface area contributed by atoms with Crippen LogP contribution in [0.4, 0.5) is 0 Å². The summed E-state index contributed by atoms with van der Waals surface area (Å²) in [6.45, 7) is 3.94. The number of hydrogen-bond acceptors (Lipinski definition) is 3. The molecule has 1 atom stereocenters. The Labute approximate surface area is 74.5 Å². The second kappa shape index (κ2) is 6.14. The van der Waals surface area contributed by atoms with Gasteiger partial charge in [-0.2, -0.15) is 0 Å². The van der Waals surface area contributed by atoms with Gasteiger partial charge in [-0.3, -0.25) is 4.79 Å². The monoisotopic (exact) mass is 172 g/mol. The number of ketones is 1. The molecule has 3 nitrogen and oxygen atoms in total. The summed E-state index contributed by atoms with van der Waals surface area (Å²) in [4.78, 5) is 11.3. The second-order valence-electron chi connectivity index (χ2n) is 3.15. The van der Waals surface area contributed by atoms with Crippen LogP contribution in [-0.4, -0.2) is 11.9 Å². The van der Waals surface area contributed by atoms with Gasteiger partial charge in [0.25, 0.3) is 0 Å². The van der Waals surface area contributed by atoms with E-state index < -0.39 is 6.17 Å². The minimum atomic E-state index is -0.482. The highest BCUT2D eigenvalue weighted by Crippen LogP contribution is 2.12. The van der Waals surface area contributed by atoms with E-state index in [9.17, 15) is 4.79 Å². The van der Waals surface area contributed by atoms with Crippen LogP contribution in [0.15, 0.2) is 0 Å². The summed E-state index contributed by atoms with van der Waals surface area (Å²) in [6.07, 6.45) is 3.01. The van der Waals surface area contributed by atoms with E-state index >= 15 is 0 Å². The maximum atomic E-state index is 11.3. The first-order valence-corrected chi connectivity index (χ1v) is 4.67. The molecule has 72 valence electrons. The van der Waals surface area contributed by atoms with Gasteiger partial charge in [0.1, 0.15) is 5.78 Å². The molecule has 0 amide bonds. The third kappa shape index (κ3) is 3.83. The first-order chi connectivity index (χ1) is 5.63. The quantitative estimate of drug-likeness (QED) is 0.588. The van der Waals surface area contributed by atoms with Gasteiger partial charge in [-0.15, -0.1) is 0 Å². The molecule has 0 heterocycles. The standard InChI is InChI=1S/C9H20N2O/c1-3-5-6-7(9(10)11)8(12)4-2/h7,9H,3-6,10-11H2,1-2H3. The Hall–Kier alpha value is -0.410. The van der Waals surface area contributed by atoms with Gasteiger partial charge in [0, 0.05) is 12.3 Å². The largest absolute Gasteiger partial charge is 0.315 e. The van der Waals surface area contributed by atoms with Crippen molar-refractivity contribution in [1.82, 2.24) is 0 Å². The summed E-state index contributed by atoms with van der Waals surface area (Å²) >= 11 is 0. The highest BCUT2D eigenvalue weighted by molar-refractivity contribution is 5.81. The summed E-state index contributed by atoms with van der Waals surface area (Å²) < 4.78 is 0. The lowest BCUT2D eigenvalue weighted by molar-refractivity contribution is -0.123. The molecule has 0 aliphatic carbocycles. The molecule has 0 aliphatic rings. The number of Topliss-reactive ketones (excluding diaryl/α,β-unsaturated/α-hetero) is 1. The number of rotatable bonds is 6. The third-order valence-corrected chi connectivity index (χ3v) is 2.10. The molecule has 0 radical (unpaired) electrons. The second-order valence-corrected chi connectivity index (χ2v) is 3.15. The fourth-order valence-corrected chi connectivity index (χ4v) is 1.25. The Bertz CT molecular complexity index is 134. The van der Waals surface area contributed by atoms with Gasteiger partial charge >= 0.3 is 0 Å². The van der Waals surface area contributed by atoms with Gasteiger partial charge in [0.05, 0.1) is 6.17 Å². The molecule has 3 heteroatoms. The number of unbranched alkanes of at least 4 members (excludes halogenated alkanes) is 1. The average molecular weight is 172 g/mol. The fourth-order valence-electron chi connectivity index (χ4n) is 1.25. The van der Waals surface area contributed by atoms with Crippen molar-refractivity contribution >= 4 is 5.78 Å². The molecule has 0 aromatic rings. The molecule has 0 aromatic heterocycles. The van der Waals surface area contributed by atoms with E-state index in [0.717, 1.165) is 19.3 Å². The Morgan fingerprint density at radius 3 is 2.25 bits per heavy atom. The number of carbonyl (C=O) groups excluding carboxylic acids is 1. The van der Waals surface area contributed by atoms with Gasteiger partial charge in [-0.05, 0) is 6.42 Å².